The van der Waals surface area contributed by atoms with E-state index in [0.717, 1.165) is 5.56 Å². The van der Waals surface area contributed by atoms with Crippen LogP contribution in [0.25, 0.3) is 0 Å². The van der Waals surface area contributed by atoms with Crippen molar-refractivity contribution in [1.29, 1.82) is 0 Å². The summed E-state index contributed by atoms with van der Waals surface area (Å²) in [5.74, 6) is 1.18. The van der Waals surface area contributed by atoms with Crippen molar-refractivity contribution in [1.82, 2.24) is 4.98 Å². The maximum atomic E-state index is 9.12. The minimum Gasteiger partial charge on any atom is -0.508 e. The molecule has 0 atom stereocenters. The van der Waals surface area contributed by atoms with Crippen molar-refractivity contribution in [3.05, 3.63) is 48.2 Å². The first kappa shape index (κ1) is 10.3. The maximum absolute atomic E-state index is 9.12. The van der Waals surface area contributed by atoms with Crippen molar-refractivity contribution in [2.45, 2.75) is 6.61 Å². The fourth-order valence-corrected chi connectivity index (χ4v) is 1.28. The summed E-state index contributed by atoms with van der Waals surface area (Å²) in [4.78, 5) is 3.92. The van der Waals surface area contributed by atoms with Crippen molar-refractivity contribution < 1.29 is 9.84 Å². The molecule has 0 spiro atoms. The van der Waals surface area contributed by atoms with Gasteiger partial charge in [0.1, 0.15) is 12.4 Å². The molecule has 0 fully saturated rings. The molecule has 0 bridgehead atoms. The zero-order valence-corrected chi connectivity index (χ0v) is 8.63. The number of anilines is 1. The lowest BCUT2D eigenvalue weighted by Gasteiger charge is -2.07. The number of nitrogens with two attached hydrogens (primary N) is 1. The van der Waals surface area contributed by atoms with Crippen LogP contribution in [0.15, 0.2) is 42.6 Å². The molecule has 1 aromatic carbocycles. The summed E-state index contributed by atoms with van der Waals surface area (Å²) >= 11 is 0. The molecule has 0 amide bonds. The third kappa shape index (κ3) is 2.42. The van der Waals surface area contributed by atoms with Crippen LogP contribution in [0.3, 0.4) is 0 Å². The Morgan fingerprint density at radius 2 is 1.94 bits per heavy atom. The van der Waals surface area contributed by atoms with Crippen LogP contribution in [0, 0.1) is 0 Å². The first-order valence-corrected chi connectivity index (χ1v) is 4.87. The molecule has 0 aliphatic rings. The highest BCUT2D eigenvalue weighted by Crippen LogP contribution is 2.19. The molecule has 1 heterocycles. The highest BCUT2D eigenvalue weighted by molar-refractivity contribution is 5.44. The van der Waals surface area contributed by atoms with E-state index in [4.69, 9.17) is 15.6 Å². The molecule has 0 aliphatic heterocycles. The van der Waals surface area contributed by atoms with E-state index >= 15 is 0 Å². The van der Waals surface area contributed by atoms with Crippen LogP contribution in [0.1, 0.15) is 5.56 Å². The number of pyridine rings is 1. The summed E-state index contributed by atoms with van der Waals surface area (Å²) in [6, 6.07) is 10.4. The van der Waals surface area contributed by atoms with E-state index < -0.39 is 0 Å². The molecule has 0 radical (unpaired) electrons. The van der Waals surface area contributed by atoms with Gasteiger partial charge in [-0.05, 0) is 29.8 Å². The lowest BCUT2D eigenvalue weighted by molar-refractivity contribution is 0.307. The fraction of sp³-hybridized carbons (Fsp3) is 0.0833. The molecule has 82 valence electrons. The normalized spacial score (nSPS) is 10.0. The monoisotopic (exact) mass is 216 g/mol. The van der Waals surface area contributed by atoms with Crippen LogP contribution >= 0.6 is 0 Å². The van der Waals surface area contributed by atoms with E-state index in [2.05, 4.69) is 4.98 Å². The SMILES string of the molecule is Nc1ncccc1OCc1ccc(O)cc1. The minimum atomic E-state index is 0.240. The Hall–Kier alpha value is -2.23. The van der Waals surface area contributed by atoms with Gasteiger partial charge >= 0.3 is 0 Å². The number of hydrogen-bond acceptors (Lipinski definition) is 4. The van der Waals surface area contributed by atoms with Crippen LogP contribution in [0.2, 0.25) is 0 Å². The van der Waals surface area contributed by atoms with Crippen molar-refractivity contribution in [3.8, 4) is 11.5 Å². The molecule has 0 unspecified atom stereocenters. The summed E-state index contributed by atoms with van der Waals surface area (Å²) in [6.45, 7) is 0.399. The number of ether oxygens (including phenoxy) is 1. The standard InChI is InChI=1S/C12H12N2O2/c13-12-11(2-1-7-14-12)16-8-9-3-5-10(15)6-4-9/h1-7,15H,8H2,(H2,13,14). The van der Waals surface area contributed by atoms with Crippen LogP contribution in [-0.2, 0) is 6.61 Å². The Morgan fingerprint density at radius 3 is 2.62 bits per heavy atom. The van der Waals surface area contributed by atoms with Gasteiger partial charge in [0, 0.05) is 6.20 Å². The fourth-order valence-electron chi connectivity index (χ4n) is 1.28. The smallest absolute Gasteiger partial charge is 0.166 e. The predicted molar refractivity (Wildman–Crippen MR) is 61.1 cm³/mol. The summed E-state index contributed by atoms with van der Waals surface area (Å²) in [6.07, 6.45) is 1.61. The number of aromatic hydroxyl groups is 1. The van der Waals surface area contributed by atoms with Crippen LogP contribution in [0.4, 0.5) is 5.82 Å². The van der Waals surface area contributed by atoms with Crippen molar-refractivity contribution >= 4 is 5.82 Å². The largest absolute Gasteiger partial charge is 0.508 e. The van der Waals surface area contributed by atoms with Gasteiger partial charge < -0.3 is 15.6 Å². The molecule has 4 heteroatoms. The second-order valence-corrected chi connectivity index (χ2v) is 3.34. The number of nitrogens with zero attached hydrogens (tertiary/aromatic N) is 1. The Bertz CT molecular complexity index is 469. The van der Waals surface area contributed by atoms with Gasteiger partial charge in [0.15, 0.2) is 11.6 Å². The highest BCUT2D eigenvalue weighted by atomic mass is 16.5. The molecule has 1 aromatic heterocycles. The maximum Gasteiger partial charge on any atom is 0.166 e. The highest BCUT2D eigenvalue weighted by Gasteiger charge is 2.00. The van der Waals surface area contributed by atoms with Gasteiger partial charge in [-0.25, -0.2) is 4.98 Å². The first-order chi connectivity index (χ1) is 7.75. The minimum absolute atomic E-state index is 0.240. The summed E-state index contributed by atoms with van der Waals surface area (Å²) in [5.41, 5.74) is 6.59. The number of phenolic OH excluding ortho intramolecular Hbond substituents is 1. The predicted octanol–water partition coefficient (Wildman–Crippen LogP) is 1.95. The third-order valence-electron chi connectivity index (χ3n) is 2.13. The Morgan fingerprint density at radius 1 is 1.19 bits per heavy atom. The van der Waals surface area contributed by atoms with Gasteiger partial charge in [-0.15, -0.1) is 0 Å². The average Bonchev–Trinajstić information content (AvgIpc) is 2.30. The zero-order valence-electron chi connectivity index (χ0n) is 8.63. The number of phenols is 1. The molecule has 2 aromatic rings. The lowest BCUT2D eigenvalue weighted by Crippen LogP contribution is -1.99. The first-order valence-electron chi connectivity index (χ1n) is 4.87. The summed E-state index contributed by atoms with van der Waals surface area (Å²) in [5, 5.41) is 9.12. The van der Waals surface area contributed by atoms with Gasteiger partial charge in [-0.3, -0.25) is 0 Å². The molecule has 2 rings (SSSR count). The summed E-state index contributed by atoms with van der Waals surface area (Å²) < 4.78 is 5.49. The van der Waals surface area contributed by atoms with E-state index in [1.807, 2.05) is 0 Å². The number of benzene rings is 1. The van der Waals surface area contributed by atoms with Crippen LogP contribution in [0.5, 0.6) is 11.5 Å². The van der Waals surface area contributed by atoms with Crippen molar-refractivity contribution in [2.75, 3.05) is 5.73 Å². The second-order valence-electron chi connectivity index (χ2n) is 3.34. The van der Waals surface area contributed by atoms with Crippen LogP contribution in [-0.4, -0.2) is 10.1 Å². The van der Waals surface area contributed by atoms with E-state index in [0.29, 0.717) is 18.2 Å². The van der Waals surface area contributed by atoms with E-state index in [9.17, 15) is 0 Å². The number of aromatic nitrogens is 1. The van der Waals surface area contributed by atoms with Gasteiger partial charge in [-0.1, -0.05) is 12.1 Å². The lowest BCUT2D eigenvalue weighted by atomic mass is 10.2. The van der Waals surface area contributed by atoms with Crippen molar-refractivity contribution in [3.63, 3.8) is 0 Å². The second kappa shape index (κ2) is 4.53. The molecule has 0 saturated heterocycles. The molecular formula is C12H12N2O2. The van der Waals surface area contributed by atoms with E-state index in [1.165, 1.54) is 0 Å². The van der Waals surface area contributed by atoms with E-state index in [-0.39, 0.29) is 5.75 Å². The summed E-state index contributed by atoms with van der Waals surface area (Å²) in [7, 11) is 0. The zero-order chi connectivity index (χ0) is 11.4. The third-order valence-corrected chi connectivity index (χ3v) is 2.13. The van der Waals surface area contributed by atoms with Crippen LogP contribution < -0.4 is 10.5 Å². The number of hydrogen-bond donors (Lipinski definition) is 2. The Kier molecular flexibility index (Phi) is 2.91. The number of nitrogen functional groups attached to an aromatic ring is 1. The molecule has 16 heavy (non-hydrogen) atoms. The Labute approximate surface area is 93.3 Å². The molecular weight excluding hydrogens is 204 g/mol. The molecule has 4 nitrogen and oxygen atoms in total. The quantitative estimate of drug-likeness (QED) is 0.822. The Balaban J connectivity index is 2.02. The van der Waals surface area contributed by atoms with E-state index in [1.54, 1.807) is 42.6 Å². The van der Waals surface area contributed by atoms with Crippen molar-refractivity contribution in [2.24, 2.45) is 0 Å². The molecule has 3 N–H and O–H groups in total. The average molecular weight is 216 g/mol. The van der Waals surface area contributed by atoms with Gasteiger partial charge in [0.25, 0.3) is 0 Å². The molecule has 0 saturated carbocycles. The van der Waals surface area contributed by atoms with Gasteiger partial charge in [0.2, 0.25) is 0 Å². The topological polar surface area (TPSA) is 68.4 Å². The molecule has 0 aliphatic carbocycles. The number of rotatable bonds is 3. The van der Waals surface area contributed by atoms with Gasteiger partial charge in [-0.2, -0.15) is 0 Å². The van der Waals surface area contributed by atoms with Gasteiger partial charge in [0.05, 0.1) is 0 Å².